The molecule has 3 nitrogen and oxygen atoms in total. The number of aliphatic carboxylic acids is 1. The summed E-state index contributed by atoms with van der Waals surface area (Å²) in [6, 6.07) is 17.3. The van der Waals surface area contributed by atoms with Gasteiger partial charge in [-0.1, -0.05) is 59.7 Å². The Morgan fingerprint density at radius 2 is 1.50 bits per heavy atom. The zero-order chi connectivity index (χ0) is 17.1. The fraction of sp³-hybridized carbons (Fsp3) is 0.381. The molecular weight excluding hydrogens is 298 g/mol. The van der Waals surface area contributed by atoms with Crippen LogP contribution in [-0.2, 0) is 4.79 Å². The molecule has 0 spiro atoms. The molecule has 0 radical (unpaired) electrons. The molecule has 1 unspecified atom stereocenters. The van der Waals surface area contributed by atoms with Crippen LogP contribution in [0.4, 0.5) is 0 Å². The van der Waals surface area contributed by atoms with Crippen LogP contribution < -0.4 is 0 Å². The molecule has 1 heterocycles. The van der Waals surface area contributed by atoms with E-state index in [0.29, 0.717) is 6.54 Å². The first-order valence-corrected chi connectivity index (χ1v) is 8.64. The molecule has 3 rings (SSSR count). The molecule has 0 saturated carbocycles. The second kappa shape index (κ2) is 7.18. The van der Waals surface area contributed by atoms with Crippen LogP contribution in [0, 0.1) is 19.8 Å². The highest BCUT2D eigenvalue weighted by atomic mass is 16.4. The number of hydrogen-bond acceptors (Lipinski definition) is 2. The number of rotatable bonds is 4. The smallest absolute Gasteiger partial charge is 0.307 e. The van der Waals surface area contributed by atoms with Crippen molar-refractivity contribution in [2.24, 2.45) is 5.92 Å². The van der Waals surface area contributed by atoms with E-state index < -0.39 is 5.97 Å². The number of carboxylic acids is 1. The molecule has 24 heavy (non-hydrogen) atoms. The number of hydrogen-bond donors (Lipinski definition) is 1. The number of likely N-dealkylation sites (tertiary alicyclic amines) is 1. The summed E-state index contributed by atoms with van der Waals surface area (Å²) in [7, 11) is 0. The summed E-state index contributed by atoms with van der Waals surface area (Å²) in [4.78, 5) is 13.8. The van der Waals surface area contributed by atoms with Gasteiger partial charge < -0.3 is 5.11 Å². The van der Waals surface area contributed by atoms with E-state index in [2.05, 4.69) is 67.3 Å². The van der Waals surface area contributed by atoms with Crippen molar-refractivity contribution >= 4 is 5.97 Å². The van der Waals surface area contributed by atoms with Gasteiger partial charge in [-0.25, -0.2) is 0 Å². The van der Waals surface area contributed by atoms with Crippen molar-refractivity contribution in [1.82, 2.24) is 4.90 Å². The molecule has 1 saturated heterocycles. The zero-order valence-electron chi connectivity index (χ0n) is 14.4. The molecule has 1 fully saturated rings. The summed E-state index contributed by atoms with van der Waals surface area (Å²) in [5, 5.41) is 9.43. The fourth-order valence-corrected chi connectivity index (χ4v) is 3.55. The van der Waals surface area contributed by atoms with Crippen LogP contribution >= 0.6 is 0 Å². The van der Waals surface area contributed by atoms with Gasteiger partial charge in [0, 0.05) is 6.54 Å². The van der Waals surface area contributed by atoms with Crippen LogP contribution in [0.5, 0.6) is 0 Å². The lowest BCUT2D eigenvalue weighted by Crippen LogP contribution is -2.41. The number of benzene rings is 2. The zero-order valence-corrected chi connectivity index (χ0v) is 14.4. The maximum atomic E-state index is 11.5. The van der Waals surface area contributed by atoms with Crippen LogP contribution in [0.15, 0.2) is 48.5 Å². The molecule has 1 N–H and O–H groups in total. The highest BCUT2D eigenvalue weighted by Gasteiger charge is 2.31. The second-order valence-electron chi connectivity index (χ2n) is 6.90. The van der Waals surface area contributed by atoms with Crippen LogP contribution in [0.1, 0.15) is 41.1 Å². The van der Waals surface area contributed by atoms with Crippen molar-refractivity contribution in [2.45, 2.75) is 32.7 Å². The average Bonchev–Trinajstić information content (AvgIpc) is 2.59. The molecule has 126 valence electrons. The van der Waals surface area contributed by atoms with Crippen LogP contribution in [-0.4, -0.2) is 29.1 Å². The molecule has 0 aliphatic carbocycles. The van der Waals surface area contributed by atoms with Gasteiger partial charge in [-0.2, -0.15) is 0 Å². The van der Waals surface area contributed by atoms with Crippen LogP contribution in [0.3, 0.4) is 0 Å². The Balaban J connectivity index is 1.96. The predicted octanol–water partition coefficient (Wildman–Crippen LogP) is 4.19. The molecule has 1 aliphatic heterocycles. The highest BCUT2D eigenvalue weighted by Crippen LogP contribution is 2.33. The molecular formula is C21H25NO2. The molecule has 0 aromatic heterocycles. The van der Waals surface area contributed by atoms with E-state index in [1.165, 1.54) is 22.3 Å². The van der Waals surface area contributed by atoms with E-state index in [1.54, 1.807) is 0 Å². The second-order valence-corrected chi connectivity index (χ2v) is 6.90. The lowest BCUT2D eigenvalue weighted by molar-refractivity contribution is -0.143. The van der Waals surface area contributed by atoms with E-state index in [4.69, 9.17) is 0 Å². The van der Waals surface area contributed by atoms with Gasteiger partial charge in [0.2, 0.25) is 0 Å². The third-order valence-corrected chi connectivity index (χ3v) is 4.95. The third kappa shape index (κ3) is 3.68. The van der Waals surface area contributed by atoms with Crippen molar-refractivity contribution in [3.63, 3.8) is 0 Å². The molecule has 0 amide bonds. The number of carbonyl (C=O) groups is 1. The maximum absolute atomic E-state index is 11.5. The van der Waals surface area contributed by atoms with Gasteiger partial charge in [-0.15, -0.1) is 0 Å². The number of nitrogens with zero attached hydrogens (tertiary/aromatic N) is 1. The minimum atomic E-state index is -0.675. The Bertz CT molecular complexity index is 645. The standard InChI is InChI=1S/C21H25NO2/c1-15-5-9-17(10-6-15)20(18-11-7-16(2)8-12-18)22-13-3-4-19(14-22)21(23)24/h5-12,19-20H,3-4,13-14H2,1-2H3,(H,23,24). The first kappa shape index (κ1) is 16.7. The van der Waals surface area contributed by atoms with Crippen molar-refractivity contribution in [1.29, 1.82) is 0 Å². The summed E-state index contributed by atoms with van der Waals surface area (Å²) in [5.74, 6) is -0.941. The third-order valence-electron chi connectivity index (χ3n) is 4.95. The van der Waals surface area contributed by atoms with Crippen molar-refractivity contribution in [3.05, 3.63) is 70.8 Å². The van der Waals surface area contributed by atoms with Crippen molar-refractivity contribution in [2.75, 3.05) is 13.1 Å². The van der Waals surface area contributed by atoms with Gasteiger partial charge >= 0.3 is 5.97 Å². The first-order chi connectivity index (χ1) is 11.5. The van der Waals surface area contributed by atoms with Gasteiger partial charge in [0.05, 0.1) is 12.0 Å². The fourth-order valence-electron chi connectivity index (χ4n) is 3.55. The van der Waals surface area contributed by atoms with Gasteiger partial charge in [-0.3, -0.25) is 9.69 Å². The highest BCUT2D eigenvalue weighted by molar-refractivity contribution is 5.70. The quantitative estimate of drug-likeness (QED) is 0.917. The topological polar surface area (TPSA) is 40.5 Å². The maximum Gasteiger partial charge on any atom is 0.307 e. The summed E-state index contributed by atoms with van der Waals surface area (Å²) in [6.07, 6.45) is 1.71. The Hall–Kier alpha value is -2.13. The van der Waals surface area contributed by atoms with E-state index in [-0.39, 0.29) is 12.0 Å². The van der Waals surface area contributed by atoms with E-state index >= 15 is 0 Å². The van der Waals surface area contributed by atoms with Crippen molar-refractivity contribution < 1.29 is 9.90 Å². The summed E-state index contributed by atoms with van der Waals surface area (Å²) in [6.45, 7) is 5.73. The molecule has 0 bridgehead atoms. The normalized spacial score (nSPS) is 18.7. The number of piperidine rings is 1. The number of aryl methyl sites for hydroxylation is 2. The molecule has 1 aliphatic rings. The van der Waals surface area contributed by atoms with Gasteiger partial charge in [0.25, 0.3) is 0 Å². The first-order valence-electron chi connectivity index (χ1n) is 8.64. The SMILES string of the molecule is Cc1ccc(C(c2ccc(C)cc2)N2CCCC(C(=O)O)C2)cc1. The van der Waals surface area contributed by atoms with E-state index in [0.717, 1.165) is 19.4 Å². The van der Waals surface area contributed by atoms with E-state index in [9.17, 15) is 9.90 Å². The van der Waals surface area contributed by atoms with Gasteiger partial charge in [0.15, 0.2) is 0 Å². The molecule has 3 heteroatoms. The molecule has 2 aromatic rings. The Labute approximate surface area is 143 Å². The summed E-state index contributed by atoms with van der Waals surface area (Å²) < 4.78 is 0. The summed E-state index contributed by atoms with van der Waals surface area (Å²) >= 11 is 0. The lowest BCUT2D eigenvalue weighted by Gasteiger charge is -2.37. The van der Waals surface area contributed by atoms with Crippen LogP contribution in [0.25, 0.3) is 0 Å². The predicted molar refractivity (Wildman–Crippen MR) is 96.1 cm³/mol. The van der Waals surface area contributed by atoms with E-state index in [1.807, 2.05) is 0 Å². The average molecular weight is 323 g/mol. The lowest BCUT2D eigenvalue weighted by atomic mass is 9.91. The molecule has 1 atom stereocenters. The molecule has 2 aromatic carbocycles. The Morgan fingerprint density at radius 1 is 1.00 bits per heavy atom. The Morgan fingerprint density at radius 3 is 1.96 bits per heavy atom. The minimum Gasteiger partial charge on any atom is -0.481 e. The van der Waals surface area contributed by atoms with Crippen LogP contribution in [0.2, 0.25) is 0 Å². The van der Waals surface area contributed by atoms with Gasteiger partial charge in [-0.05, 0) is 44.4 Å². The van der Waals surface area contributed by atoms with Gasteiger partial charge in [0.1, 0.15) is 0 Å². The Kier molecular flexibility index (Phi) is 5.00. The summed E-state index contributed by atoms with van der Waals surface area (Å²) in [5.41, 5.74) is 4.94. The monoisotopic (exact) mass is 323 g/mol. The largest absolute Gasteiger partial charge is 0.481 e. The minimum absolute atomic E-state index is 0.119. The van der Waals surface area contributed by atoms with Crippen molar-refractivity contribution in [3.8, 4) is 0 Å². The number of carboxylic acid groups (broad SMARTS) is 1.